The minimum Gasteiger partial charge on any atom is -0.493 e. The first kappa shape index (κ1) is 55.9. The summed E-state index contributed by atoms with van der Waals surface area (Å²) in [5.41, 5.74) is 3.20. The number of carbonyl (C=O) groups excluding carboxylic acids is 7. The zero-order valence-corrected chi connectivity index (χ0v) is 43.9. The van der Waals surface area contributed by atoms with Crippen molar-refractivity contribution in [1.29, 1.82) is 0 Å². The van der Waals surface area contributed by atoms with Gasteiger partial charge in [0.2, 0.25) is 23.5 Å². The molecule has 3 aliphatic rings. The van der Waals surface area contributed by atoms with Gasteiger partial charge >= 0.3 is 5.97 Å². The van der Waals surface area contributed by atoms with Crippen LogP contribution in [0.25, 0.3) is 0 Å². The van der Waals surface area contributed by atoms with Crippen molar-refractivity contribution in [3.05, 3.63) is 101 Å². The van der Waals surface area contributed by atoms with Gasteiger partial charge in [0.15, 0.2) is 29.6 Å². The SMILES string of the molecule is CC[C@H](C(=O)N1CCCC[C@H]1C(=O)O[C@H](CCc1ccc(OC)c(OC)c1)c1cccc(OCC(=O)NCCCOCCNc2ccc3c(c2)C(=O)N(C2CCC(=O)NC2=O)C3=O)c1)c1cc(OC)c(OC)c(OC)c1. The Balaban J connectivity index is 0.917. The minimum absolute atomic E-state index is 0.0400. The Morgan fingerprint density at radius 1 is 0.750 bits per heavy atom. The fourth-order valence-electron chi connectivity index (χ4n) is 9.70. The maximum Gasteiger partial charge on any atom is 0.329 e. The molecule has 3 N–H and O–H groups in total. The number of anilines is 1. The van der Waals surface area contributed by atoms with Crippen molar-refractivity contribution in [2.75, 3.05) is 80.3 Å². The highest BCUT2D eigenvalue weighted by Gasteiger charge is 2.45. The molecule has 0 saturated carbocycles. The van der Waals surface area contributed by atoms with Gasteiger partial charge in [0, 0.05) is 38.3 Å². The molecule has 0 aromatic heterocycles. The molecule has 6 amide bonds. The van der Waals surface area contributed by atoms with E-state index < -0.39 is 53.7 Å². The normalized spacial score (nSPS) is 17.0. The molecule has 7 rings (SSSR count). The summed E-state index contributed by atoms with van der Waals surface area (Å²) in [6, 6.07) is 19.1. The molecule has 0 bridgehead atoms. The summed E-state index contributed by atoms with van der Waals surface area (Å²) < 4.78 is 45.8. The zero-order chi connectivity index (χ0) is 54.3. The van der Waals surface area contributed by atoms with E-state index in [9.17, 15) is 33.6 Å². The largest absolute Gasteiger partial charge is 0.493 e. The van der Waals surface area contributed by atoms with Gasteiger partial charge < -0.3 is 53.4 Å². The van der Waals surface area contributed by atoms with Gasteiger partial charge in [-0.1, -0.05) is 25.1 Å². The van der Waals surface area contributed by atoms with E-state index in [0.717, 1.165) is 23.3 Å². The average Bonchev–Trinajstić information content (AvgIpc) is 3.72. The molecule has 20 heteroatoms. The van der Waals surface area contributed by atoms with Crippen LogP contribution in [0.4, 0.5) is 5.69 Å². The Bertz CT molecular complexity index is 2740. The molecule has 3 aliphatic heterocycles. The molecular weight excluding hydrogens is 983 g/mol. The van der Waals surface area contributed by atoms with Gasteiger partial charge in [0.1, 0.15) is 23.9 Å². The molecule has 4 aromatic carbocycles. The summed E-state index contributed by atoms with van der Waals surface area (Å²) in [7, 11) is 7.69. The maximum absolute atomic E-state index is 14.5. The fraction of sp³-hybridized carbons (Fsp3) is 0.446. The summed E-state index contributed by atoms with van der Waals surface area (Å²) in [5.74, 6) is -1.13. The van der Waals surface area contributed by atoms with Crippen LogP contribution < -0.4 is 44.4 Å². The van der Waals surface area contributed by atoms with Crippen LogP contribution >= 0.6 is 0 Å². The van der Waals surface area contributed by atoms with Crippen molar-refractivity contribution >= 4 is 47.1 Å². The summed E-state index contributed by atoms with van der Waals surface area (Å²) in [5, 5.41) is 8.20. The van der Waals surface area contributed by atoms with Crippen LogP contribution in [0.1, 0.15) is 108 Å². The van der Waals surface area contributed by atoms with Gasteiger partial charge in [0.05, 0.1) is 59.2 Å². The highest BCUT2D eigenvalue weighted by molar-refractivity contribution is 6.23. The standard InChI is InChI=1S/C56H67N5O15/c1-7-39(36-30-47(71-4)51(73-6)48(31-36)72-5)53(65)60-25-9-8-14-43(60)56(68)76-44(20-15-34-16-21-45(69-2)46(28-34)70-3)35-12-10-13-38(29-35)75-33-50(63)58-23-11-26-74-27-24-57-37-17-18-40-41(32-37)55(67)61(54(40)66)42-19-22-49(62)59-52(42)64/h10,12-13,16-18,21,28-32,39,42-44,57H,7-9,11,14-15,19-20,22-27,33H2,1-6H3,(H,58,63)(H,59,62,64)/t39-,42?,43-,44+/m0/s1. The number of amides is 6. The molecule has 0 spiro atoms. The van der Waals surface area contributed by atoms with Crippen LogP contribution in [0.2, 0.25) is 0 Å². The first-order valence-corrected chi connectivity index (χ1v) is 25.5. The second kappa shape index (κ2) is 26.6. The summed E-state index contributed by atoms with van der Waals surface area (Å²) in [4.78, 5) is 94.6. The number of ether oxygens (including phenoxy) is 8. The third-order valence-electron chi connectivity index (χ3n) is 13.7. The molecule has 4 aromatic rings. The van der Waals surface area contributed by atoms with Gasteiger partial charge in [-0.05, 0) is 123 Å². The minimum atomic E-state index is -1.04. The Morgan fingerprint density at radius 2 is 1.50 bits per heavy atom. The van der Waals surface area contributed by atoms with Gasteiger partial charge in [0.25, 0.3) is 17.7 Å². The maximum atomic E-state index is 14.5. The van der Waals surface area contributed by atoms with Crippen LogP contribution in [0, 0.1) is 0 Å². The van der Waals surface area contributed by atoms with Crippen molar-refractivity contribution in [1.82, 2.24) is 20.4 Å². The number of piperidine rings is 2. The van der Waals surface area contributed by atoms with E-state index in [1.54, 1.807) is 61.6 Å². The molecule has 2 saturated heterocycles. The second-order valence-electron chi connectivity index (χ2n) is 18.4. The molecule has 0 radical (unpaired) electrons. The molecule has 3 heterocycles. The number of fused-ring (bicyclic) bond motifs is 1. The number of methoxy groups -OCH3 is 5. The first-order chi connectivity index (χ1) is 36.8. The lowest BCUT2D eigenvalue weighted by atomic mass is 9.91. The number of nitrogens with zero attached hydrogens (tertiary/aromatic N) is 2. The van der Waals surface area contributed by atoms with Crippen LogP contribution in [0.15, 0.2) is 72.8 Å². The quantitative estimate of drug-likeness (QED) is 0.0375. The van der Waals surface area contributed by atoms with E-state index in [-0.39, 0.29) is 42.4 Å². The Hall–Kier alpha value is -7.87. The third kappa shape index (κ3) is 13.3. The van der Waals surface area contributed by atoms with E-state index in [2.05, 4.69) is 16.0 Å². The second-order valence-corrected chi connectivity index (χ2v) is 18.4. The number of carbonyl (C=O) groups is 7. The molecule has 76 heavy (non-hydrogen) atoms. The number of esters is 1. The lowest BCUT2D eigenvalue weighted by Crippen LogP contribution is -2.54. The highest BCUT2D eigenvalue weighted by atomic mass is 16.5. The lowest BCUT2D eigenvalue weighted by molar-refractivity contribution is -0.162. The van der Waals surface area contributed by atoms with E-state index in [4.69, 9.17) is 37.9 Å². The van der Waals surface area contributed by atoms with Crippen LogP contribution in [-0.2, 0) is 39.9 Å². The topological polar surface area (TPSA) is 236 Å². The van der Waals surface area contributed by atoms with Gasteiger partial charge in [-0.2, -0.15) is 0 Å². The highest BCUT2D eigenvalue weighted by Crippen LogP contribution is 2.42. The number of imide groups is 2. The van der Waals surface area contributed by atoms with Gasteiger partial charge in [-0.25, -0.2) is 4.79 Å². The van der Waals surface area contributed by atoms with Crippen molar-refractivity contribution < 1.29 is 71.5 Å². The van der Waals surface area contributed by atoms with Crippen molar-refractivity contribution in [3.8, 4) is 34.5 Å². The summed E-state index contributed by atoms with van der Waals surface area (Å²) in [6.07, 6.45) is 3.10. The molecule has 4 atom stereocenters. The molecule has 1 unspecified atom stereocenters. The first-order valence-electron chi connectivity index (χ1n) is 25.5. The van der Waals surface area contributed by atoms with Crippen LogP contribution in [-0.4, -0.2) is 138 Å². The van der Waals surface area contributed by atoms with Crippen LogP contribution in [0.5, 0.6) is 34.5 Å². The Labute approximate surface area is 441 Å². The number of nitrogens with one attached hydrogen (secondary N) is 3. The monoisotopic (exact) mass is 1050 g/mol. The lowest BCUT2D eigenvalue weighted by Gasteiger charge is -2.37. The van der Waals surface area contributed by atoms with Crippen molar-refractivity contribution in [3.63, 3.8) is 0 Å². The van der Waals surface area contributed by atoms with Gasteiger partial charge in [-0.3, -0.25) is 39.0 Å². The number of hydrogen-bond donors (Lipinski definition) is 3. The molecule has 2 fully saturated rings. The molecule has 20 nitrogen and oxygen atoms in total. The smallest absolute Gasteiger partial charge is 0.329 e. The number of rotatable bonds is 26. The molecule has 0 aliphatic carbocycles. The third-order valence-corrected chi connectivity index (χ3v) is 13.7. The number of likely N-dealkylation sites (tertiary alicyclic amines) is 1. The average molecular weight is 1050 g/mol. The molecule has 406 valence electrons. The van der Waals surface area contributed by atoms with Gasteiger partial charge in [-0.15, -0.1) is 0 Å². The number of benzene rings is 4. The zero-order valence-electron chi connectivity index (χ0n) is 43.9. The number of aryl methyl sites for hydroxylation is 1. The van der Waals surface area contributed by atoms with E-state index >= 15 is 0 Å². The van der Waals surface area contributed by atoms with Crippen molar-refractivity contribution in [2.45, 2.75) is 88.8 Å². The Kier molecular flexibility index (Phi) is 19.5. The molecular formula is C56H67N5O15. The predicted molar refractivity (Wildman–Crippen MR) is 277 cm³/mol. The summed E-state index contributed by atoms with van der Waals surface area (Å²) in [6.45, 7) is 3.43. The van der Waals surface area contributed by atoms with E-state index in [0.29, 0.717) is 116 Å². The van der Waals surface area contributed by atoms with E-state index in [1.807, 2.05) is 31.2 Å². The Morgan fingerprint density at radius 3 is 2.21 bits per heavy atom. The van der Waals surface area contributed by atoms with E-state index in [1.165, 1.54) is 27.4 Å². The number of hydrogen-bond acceptors (Lipinski definition) is 16. The predicted octanol–water partition coefficient (Wildman–Crippen LogP) is 5.94. The fourth-order valence-corrected chi connectivity index (χ4v) is 9.70. The van der Waals surface area contributed by atoms with Crippen LogP contribution in [0.3, 0.4) is 0 Å². The van der Waals surface area contributed by atoms with Crippen molar-refractivity contribution in [2.24, 2.45) is 0 Å². The summed E-state index contributed by atoms with van der Waals surface area (Å²) >= 11 is 0.